The summed E-state index contributed by atoms with van der Waals surface area (Å²) in [5.74, 6) is 1.62. The Hall–Kier alpha value is -0.157. The Labute approximate surface area is 197 Å². The fraction of sp³-hybridized carbons (Fsp3) is 0.593. The summed E-state index contributed by atoms with van der Waals surface area (Å²) in [6, 6.07) is 0. The monoisotopic (exact) mass is 458 g/mol. The number of fused-ring (bicyclic) bond motifs is 1. The van der Waals surface area contributed by atoms with Gasteiger partial charge in [0, 0.05) is 0 Å². The SMILES string of the molecule is C1=CC2[CH-]CCC2C=C1.CC1=[C-]C(C)(C)C(C)=C1C.[CH2-]CCC.[CH2-]CCC.[Zr+4]. The molecule has 3 aliphatic carbocycles. The van der Waals surface area contributed by atoms with Crippen LogP contribution in [0.15, 0.2) is 41.0 Å². The number of allylic oxidation sites excluding steroid dienone is 8. The van der Waals surface area contributed by atoms with Gasteiger partial charge in [-0.3, -0.25) is 6.08 Å². The maximum Gasteiger partial charge on any atom is 4.00 e. The molecular formula is C27H44Zr. The molecule has 0 saturated heterocycles. The predicted molar refractivity (Wildman–Crippen MR) is 124 cm³/mol. The van der Waals surface area contributed by atoms with Crippen molar-refractivity contribution in [3.63, 3.8) is 0 Å². The van der Waals surface area contributed by atoms with Crippen LogP contribution in [0, 0.1) is 43.6 Å². The molecule has 2 atom stereocenters. The number of unbranched alkanes of at least 4 members (excludes halogenated alkanes) is 2. The standard InChI is InChI=1S/C10H15.C9H11.2C4H9.Zr/c1-7-6-10(4,5)9(3)8(7)2;1-2-5-9-7-3-6-8(9)4-1;2*1-3-4-2;/h1-5H3;1-2,4-6,8-9H,3,7H2;2*1,3-4H2,2H3;/q4*-1;+4. The van der Waals surface area contributed by atoms with Gasteiger partial charge in [0.15, 0.2) is 0 Å². The van der Waals surface area contributed by atoms with E-state index in [1.54, 1.807) is 0 Å². The first kappa shape index (κ1) is 30.0. The first-order chi connectivity index (χ1) is 12.7. The van der Waals surface area contributed by atoms with Gasteiger partial charge in [-0.05, 0) is 5.92 Å². The topological polar surface area (TPSA) is 0 Å². The molecule has 0 spiro atoms. The molecule has 0 aromatic heterocycles. The zero-order valence-electron chi connectivity index (χ0n) is 19.7. The summed E-state index contributed by atoms with van der Waals surface area (Å²) in [5, 5.41) is 0. The van der Waals surface area contributed by atoms with Crippen molar-refractivity contribution in [2.24, 2.45) is 17.3 Å². The second-order valence-corrected chi connectivity index (χ2v) is 8.16. The fourth-order valence-electron chi connectivity index (χ4n) is 3.10. The van der Waals surface area contributed by atoms with Gasteiger partial charge in [0.05, 0.1) is 0 Å². The van der Waals surface area contributed by atoms with Crippen molar-refractivity contribution >= 4 is 0 Å². The average molecular weight is 460 g/mol. The molecule has 0 aromatic rings. The molecule has 1 fully saturated rings. The van der Waals surface area contributed by atoms with Crippen LogP contribution < -0.4 is 0 Å². The Morgan fingerprint density at radius 1 is 1.04 bits per heavy atom. The Kier molecular flexibility index (Phi) is 17.8. The van der Waals surface area contributed by atoms with E-state index < -0.39 is 0 Å². The average Bonchev–Trinajstić information content (AvgIpc) is 3.21. The van der Waals surface area contributed by atoms with Crippen LogP contribution in [0.25, 0.3) is 0 Å². The molecule has 28 heavy (non-hydrogen) atoms. The van der Waals surface area contributed by atoms with Gasteiger partial charge in [0.1, 0.15) is 0 Å². The van der Waals surface area contributed by atoms with Crippen molar-refractivity contribution in [3.05, 3.63) is 67.4 Å². The summed E-state index contributed by atoms with van der Waals surface area (Å²) in [7, 11) is 0. The van der Waals surface area contributed by atoms with Crippen LogP contribution in [0.1, 0.15) is 87.0 Å². The second-order valence-electron chi connectivity index (χ2n) is 8.16. The summed E-state index contributed by atoms with van der Waals surface area (Å²) in [6.45, 7) is 22.4. The summed E-state index contributed by atoms with van der Waals surface area (Å²) >= 11 is 0. The molecule has 0 amide bonds. The van der Waals surface area contributed by atoms with Gasteiger partial charge in [-0.1, -0.05) is 84.4 Å². The molecule has 0 bridgehead atoms. The molecule has 1 heteroatoms. The predicted octanol–water partition coefficient (Wildman–Crippen LogP) is 8.69. The van der Waals surface area contributed by atoms with E-state index >= 15 is 0 Å². The Morgan fingerprint density at radius 3 is 1.86 bits per heavy atom. The van der Waals surface area contributed by atoms with E-state index in [1.165, 1.54) is 42.4 Å². The Morgan fingerprint density at radius 2 is 1.54 bits per heavy atom. The van der Waals surface area contributed by atoms with Crippen molar-refractivity contribution in [3.8, 4) is 0 Å². The zero-order valence-corrected chi connectivity index (χ0v) is 22.2. The van der Waals surface area contributed by atoms with Gasteiger partial charge in [0.25, 0.3) is 0 Å². The van der Waals surface area contributed by atoms with E-state index in [1.807, 2.05) is 0 Å². The van der Waals surface area contributed by atoms with E-state index in [-0.39, 0.29) is 31.6 Å². The minimum atomic E-state index is 0. The van der Waals surface area contributed by atoms with Gasteiger partial charge >= 0.3 is 26.2 Å². The smallest absolute Gasteiger partial charge is 0.343 e. The third-order valence-corrected chi connectivity index (χ3v) is 5.51. The van der Waals surface area contributed by atoms with E-state index in [9.17, 15) is 0 Å². The van der Waals surface area contributed by atoms with Crippen LogP contribution in [0.3, 0.4) is 0 Å². The fourth-order valence-corrected chi connectivity index (χ4v) is 3.10. The van der Waals surface area contributed by atoms with Crippen LogP contribution in [-0.2, 0) is 26.2 Å². The number of hydrogen-bond donors (Lipinski definition) is 0. The molecule has 3 rings (SSSR count). The van der Waals surface area contributed by atoms with Crippen LogP contribution in [-0.4, -0.2) is 0 Å². The molecule has 0 aromatic carbocycles. The van der Waals surface area contributed by atoms with Gasteiger partial charge in [-0.25, -0.2) is 5.57 Å². The Balaban J connectivity index is 0. The van der Waals surface area contributed by atoms with E-state index in [2.05, 4.69) is 99.1 Å². The van der Waals surface area contributed by atoms with Crippen LogP contribution >= 0.6 is 0 Å². The summed E-state index contributed by atoms with van der Waals surface area (Å²) in [5.41, 5.74) is 4.39. The van der Waals surface area contributed by atoms with Crippen LogP contribution in [0.2, 0.25) is 0 Å². The first-order valence-electron chi connectivity index (χ1n) is 10.8. The molecule has 0 heterocycles. The quantitative estimate of drug-likeness (QED) is 0.362. The summed E-state index contributed by atoms with van der Waals surface area (Å²) in [6.07, 6.45) is 22.0. The molecule has 1 saturated carbocycles. The van der Waals surface area contributed by atoms with Crippen LogP contribution in [0.5, 0.6) is 0 Å². The van der Waals surface area contributed by atoms with Crippen molar-refractivity contribution in [1.82, 2.24) is 0 Å². The first-order valence-corrected chi connectivity index (χ1v) is 10.8. The van der Waals surface area contributed by atoms with Gasteiger partial charge in [-0.2, -0.15) is 30.4 Å². The van der Waals surface area contributed by atoms with Gasteiger partial charge in [0.2, 0.25) is 0 Å². The summed E-state index contributed by atoms with van der Waals surface area (Å²) in [4.78, 5) is 0. The van der Waals surface area contributed by atoms with Gasteiger partial charge < -0.3 is 20.3 Å². The molecule has 0 radical (unpaired) electrons. The van der Waals surface area contributed by atoms with E-state index in [0.29, 0.717) is 0 Å². The van der Waals surface area contributed by atoms with E-state index in [4.69, 9.17) is 0 Å². The molecule has 0 nitrogen and oxygen atoms in total. The van der Waals surface area contributed by atoms with E-state index in [0.717, 1.165) is 24.7 Å². The molecule has 0 aliphatic heterocycles. The third kappa shape index (κ3) is 11.1. The summed E-state index contributed by atoms with van der Waals surface area (Å²) < 4.78 is 0. The normalized spacial score (nSPS) is 23.1. The maximum absolute atomic E-state index is 3.60. The molecule has 0 N–H and O–H groups in total. The molecule has 156 valence electrons. The van der Waals surface area contributed by atoms with Crippen molar-refractivity contribution < 1.29 is 26.2 Å². The zero-order chi connectivity index (χ0) is 20.9. The molecule has 2 unspecified atom stereocenters. The number of rotatable bonds is 2. The van der Waals surface area contributed by atoms with Gasteiger partial charge in [-0.15, -0.1) is 18.9 Å². The largest absolute Gasteiger partial charge is 4.00 e. The van der Waals surface area contributed by atoms with Crippen molar-refractivity contribution in [1.29, 1.82) is 0 Å². The second kappa shape index (κ2) is 16.6. The molecular weight excluding hydrogens is 416 g/mol. The van der Waals surface area contributed by atoms with Crippen molar-refractivity contribution in [2.75, 3.05) is 0 Å². The van der Waals surface area contributed by atoms with Crippen LogP contribution in [0.4, 0.5) is 0 Å². The number of hydrogen-bond acceptors (Lipinski definition) is 0. The Bertz CT molecular complexity index is 490. The molecule has 3 aliphatic rings. The van der Waals surface area contributed by atoms with Crippen molar-refractivity contribution in [2.45, 2.75) is 87.0 Å². The minimum Gasteiger partial charge on any atom is -0.343 e. The maximum atomic E-state index is 3.60. The third-order valence-electron chi connectivity index (χ3n) is 5.51. The minimum absolute atomic E-state index is 0.